The first kappa shape index (κ1) is 9.06. The predicted octanol–water partition coefficient (Wildman–Crippen LogP) is 1.86. The summed E-state index contributed by atoms with van der Waals surface area (Å²) in [5.41, 5.74) is 2.01. The fraction of sp³-hybridized carbons (Fsp3) is 0.364. The lowest BCUT2D eigenvalue weighted by Gasteiger charge is -2.04. The number of rotatable bonds is 2. The molecule has 1 heterocycles. The summed E-state index contributed by atoms with van der Waals surface area (Å²) >= 11 is 0. The molecule has 0 radical (unpaired) electrons. The standard InChI is InChI=1S/C11H12O3/c1-7-3-9(4-8(2)12)5-10-11(7)14-6-13-10/h3,5H,4,6H2,1-2H3. The van der Waals surface area contributed by atoms with Crippen molar-refractivity contribution in [2.75, 3.05) is 6.79 Å². The second-order valence-corrected chi connectivity index (χ2v) is 3.53. The summed E-state index contributed by atoms with van der Waals surface area (Å²) in [5, 5.41) is 0. The van der Waals surface area contributed by atoms with Crippen LogP contribution in [0.1, 0.15) is 18.1 Å². The lowest BCUT2D eigenvalue weighted by atomic mass is 10.1. The minimum atomic E-state index is 0.156. The lowest BCUT2D eigenvalue weighted by Crippen LogP contribution is -1.96. The van der Waals surface area contributed by atoms with Gasteiger partial charge in [-0.25, -0.2) is 0 Å². The van der Waals surface area contributed by atoms with Crippen molar-refractivity contribution in [2.24, 2.45) is 0 Å². The van der Waals surface area contributed by atoms with Crippen LogP contribution in [0.3, 0.4) is 0 Å². The first-order valence-electron chi connectivity index (χ1n) is 4.55. The topological polar surface area (TPSA) is 35.5 Å². The quantitative estimate of drug-likeness (QED) is 0.717. The molecule has 14 heavy (non-hydrogen) atoms. The fourth-order valence-corrected chi connectivity index (χ4v) is 1.65. The van der Waals surface area contributed by atoms with Gasteiger partial charge in [-0.3, -0.25) is 4.79 Å². The zero-order valence-electron chi connectivity index (χ0n) is 8.29. The minimum Gasteiger partial charge on any atom is -0.454 e. The van der Waals surface area contributed by atoms with E-state index < -0.39 is 0 Å². The maximum Gasteiger partial charge on any atom is 0.231 e. The number of hydrogen-bond acceptors (Lipinski definition) is 3. The molecule has 3 nitrogen and oxygen atoms in total. The van der Waals surface area contributed by atoms with Crippen LogP contribution in [0.4, 0.5) is 0 Å². The molecule has 0 aromatic heterocycles. The maximum absolute atomic E-state index is 11.0. The van der Waals surface area contributed by atoms with Gasteiger partial charge < -0.3 is 9.47 Å². The molecule has 0 bridgehead atoms. The van der Waals surface area contributed by atoms with Gasteiger partial charge in [-0.2, -0.15) is 0 Å². The van der Waals surface area contributed by atoms with Gasteiger partial charge >= 0.3 is 0 Å². The number of ketones is 1. The summed E-state index contributed by atoms with van der Waals surface area (Å²) in [6, 6.07) is 3.84. The highest BCUT2D eigenvalue weighted by Crippen LogP contribution is 2.36. The van der Waals surface area contributed by atoms with Crippen LogP contribution in [0.25, 0.3) is 0 Å². The van der Waals surface area contributed by atoms with E-state index in [4.69, 9.17) is 9.47 Å². The Hall–Kier alpha value is -1.51. The fourth-order valence-electron chi connectivity index (χ4n) is 1.65. The largest absolute Gasteiger partial charge is 0.454 e. The van der Waals surface area contributed by atoms with Crippen molar-refractivity contribution in [3.8, 4) is 11.5 Å². The van der Waals surface area contributed by atoms with E-state index in [1.807, 2.05) is 19.1 Å². The number of fused-ring (bicyclic) bond motifs is 1. The third kappa shape index (κ3) is 1.58. The van der Waals surface area contributed by atoms with Crippen LogP contribution in [-0.2, 0) is 11.2 Å². The van der Waals surface area contributed by atoms with Crippen LogP contribution in [0.15, 0.2) is 12.1 Å². The molecule has 0 fully saturated rings. The monoisotopic (exact) mass is 192 g/mol. The van der Waals surface area contributed by atoms with Gasteiger partial charge in [0.15, 0.2) is 11.5 Å². The Morgan fingerprint density at radius 1 is 1.43 bits per heavy atom. The second-order valence-electron chi connectivity index (χ2n) is 3.53. The number of ether oxygens (including phenoxy) is 2. The summed E-state index contributed by atoms with van der Waals surface area (Å²) < 4.78 is 10.6. The molecule has 1 aliphatic rings. The van der Waals surface area contributed by atoms with E-state index in [0.29, 0.717) is 6.42 Å². The van der Waals surface area contributed by atoms with Crippen LogP contribution in [-0.4, -0.2) is 12.6 Å². The molecule has 0 N–H and O–H groups in total. The van der Waals surface area contributed by atoms with Gasteiger partial charge in [-0.15, -0.1) is 0 Å². The van der Waals surface area contributed by atoms with Gasteiger partial charge in [-0.1, -0.05) is 6.07 Å². The SMILES string of the molecule is CC(=O)Cc1cc(C)c2c(c1)OCO2. The summed E-state index contributed by atoms with van der Waals surface area (Å²) in [4.78, 5) is 11.0. The highest BCUT2D eigenvalue weighted by molar-refractivity contribution is 5.78. The normalized spacial score (nSPS) is 13.0. The Balaban J connectivity index is 2.36. The Bertz CT molecular complexity index is 382. The molecule has 0 saturated carbocycles. The van der Waals surface area contributed by atoms with Crippen molar-refractivity contribution < 1.29 is 14.3 Å². The summed E-state index contributed by atoms with van der Waals surface area (Å²) in [6.07, 6.45) is 0.456. The molecule has 0 saturated heterocycles. The van der Waals surface area contributed by atoms with Crippen molar-refractivity contribution >= 4 is 5.78 Å². The van der Waals surface area contributed by atoms with Crippen LogP contribution in [0.2, 0.25) is 0 Å². The summed E-state index contributed by atoms with van der Waals surface area (Å²) in [6.45, 7) is 3.82. The van der Waals surface area contributed by atoms with Crippen LogP contribution in [0, 0.1) is 6.92 Å². The van der Waals surface area contributed by atoms with E-state index in [0.717, 1.165) is 22.6 Å². The zero-order valence-corrected chi connectivity index (χ0v) is 8.29. The molecule has 3 heteroatoms. The number of carbonyl (C=O) groups is 1. The van der Waals surface area contributed by atoms with Crippen molar-refractivity contribution in [1.29, 1.82) is 0 Å². The van der Waals surface area contributed by atoms with E-state index in [1.54, 1.807) is 6.92 Å². The van der Waals surface area contributed by atoms with E-state index in [1.165, 1.54) is 0 Å². The third-order valence-corrected chi connectivity index (χ3v) is 2.17. The zero-order chi connectivity index (χ0) is 10.1. The maximum atomic E-state index is 11.0. The molecule has 1 aromatic rings. The molecule has 0 amide bonds. The van der Waals surface area contributed by atoms with Gasteiger partial charge in [0.1, 0.15) is 5.78 Å². The molecule has 74 valence electrons. The molecular formula is C11H12O3. The molecule has 1 aliphatic heterocycles. The van der Waals surface area contributed by atoms with Crippen molar-refractivity contribution in [3.63, 3.8) is 0 Å². The molecule has 0 spiro atoms. The Morgan fingerprint density at radius 2 is 2.21 bits per heavy atom. The minimum absolute atomic E-state index is 0.156. The molecule has 1 aromatic carbocycles. The van der Waals surface area contributed by atoms with Gasteiger partial charge in [0, 0.05) is 6.42 Å². The molecule has 0 unspecified atom stereocenters. The number of Topliss-reactive ketones (excluding diaryl/α,β-unsaturated/α-hetero) is 1. The Labute approximate surface area is 82.6 Å². The third-order valence-electron chi connectivity index (χ3n) is 2.17. The van der Waals surface area contributed by atoms with Crippen LogP contribution < -0.4 is 9.47 Å². The van der Waals surface area contributed by atoms with Crippen LogP contribution >= 0.6 is 0 Å². The molecular weight excluding hydrogens is 180 g/mol. The summed E-state index contributed by atoms with van der Waals surface area (Å²) in [5.74, 6) is 1.71. The average molecular weight is 192 g/mol. The Kier molecular flexibility index (Phi) is 2.15. The van der Waals surface area contributed by atoms with Gasteiger partial charge in [0.2, 0.25) is 6.79 Å². The van der Waals surface area contributed by atoms with Gasteiger partial charge in [0.05, 0.1) is 0 Å². The number of hydrogen-bond donors (Lipinski definition) is 0. The number of benzene rings is 1. The average Bonchev–Trinajstić information content (AvgIpc) is 2.50. The number of carbonyl (C=O) groups excluding carboxylic acids is 1. The lowest BCUT2D eigenvalue weighted by molar-refractivity contribution is -0.116. The smallest absolute Gasteiger partial charge is 0.231 e. The molecule has 0 atom stereocenters. The van der Waals surface area contributed by atoms with E-state index in [-0.39, 0.29) is 12.6 Å². The van der Waals surface area contributed by atoms with E-state index >= 15 is 0 Å². The highest BCUT2D eigenvalue weighted by Gasteiger charge is 2.17. The van der Waals surface area contributed by atoms with Crippen molar-refractivity contribution in [1.82, 2.24) is 0 Å². The molecule has 0 aliphatic carbocycles. The summed E-state index contributed by atoms with van der Waals surface area (Å²) in [7, 11) is 0. The first-order chi connectivity index (χ1) is 6.66. The van der Waals surface area contributed by atoms with Gasteiger partial charge in [0.25, 0.3) is 0 Å². The van der Waals surface area contributed by atoms with Crippen molar-refractivity contribution in [2.45, 2.75) is 20.3 Å². The number of aryl methyl sites for hydroxylation is 1. The van der Waals surface area contributed by atoms with E-state index in [9.17, 15) is 4.79 Å². The van der Waals surface area contributed by atoms with Gasteiger partial charge in [-0.05, 0) is 31.0 Å². The Morgan fingerprint density at radius 3 is 2.93 bits per heavy atom. The molecule has 2 rings (SSSR count). The predicted molar refractivity (Wildman–Crippen MR) is 51.7 cm³/mol. The van der Waals surface area contributed by atoms with Crippen molar-refractivity contribution in [3.05, 3.63) is 23.3 Å². The second kappa shape index (κ2) is 3.33. The first-order valence-corrected chi connectivity index (χ1v) is 4.55. The highest BCUT2D eigenvalue weighted by atomic mass is 16.7. The van der Waals surface area contributed by atoms with Crippen LogP contribution in [0.5, 0.6) is 11.5 Å². The van der Waals surface area contributed by atoms with E-state index in [2.05, 4.69) is 0 Å².